The molecule has 0 aliphatic carbocycles. The molecule has 0 fully saturated rings. The third-order valence-corrected chi connectivity index (χ3v) is 2.92. The highest BCUT2D eigenvalue weighted by atomic mass is 32.2. The lowest BCUT2D eigenvalue weighted by molar-refractivity contribution is -0.109. The Balaban J connectivity index is 2.74. The quantitative estimate of drug-likeness (QED) is 0.618. The molecule has 0 amide bonds. The Bertz CT molecular complexity index is 535. The van der Waals surface area contributed by atoms with Crippen LogP contribution < -0.4 is 4.74 Å². The number of nitriles is 1. The Hall–Kier alpha value is -1.91. The van der Waals surface area contributed by atoms with Crippen LogP contribution in [0.1, 0.15) is 24.5 Å². The smallest absolute Gasteiger partial charge is 0.185 e. The molecule has 0 atom stereocenters. The Morgan fingerprint density at radius 1 is 1.44 bits per heavy atom. The van der Waals surface area contributed by atoms with E-state index in [1.807, 2.05) is 0 Å². The van der Waals surface area contributed by atoms with Crippen LogP contribution in [0.5, 0.6) is 5.75 Å². The lowest BCUT2D eigenvalue weighted by Gasteiger charge is -2.00. The van der Waals surface area contributed by atoms with Crippen molar-refractivity contribution in [2.24, 2.45) is 0 Å². The molecular weight excluding hydrogens is 246 g/mol. The number of nitrogens with zero attached hydrogens (tertiary/aromatic N) is 1. The average Bonchev–Trinajstić information content (AvgIpc) is 2.37. The molecule has 0 heterocycles. The van der Waals surface area contributed by atoms with Crippen LogP contribution in [0, 0.1) is 23.2 Å². The van der Waals surface area contributed by atoms with Crippen LogP contribution in [0.3, 0.4) is 0 Å². The number of carbonyl (C=O) groups is 1. The normalized spacial score (nSPS) is 8.94. The molecule has 3 nitrogen and oxygen atoms in total. The van der Waals surface area contributed by atoms with E-state index in [1.165, 1.54) is 18.7 Å². The molecule has 0 spiro atoms. The number of hydrogen-bond acceptors (Lipinski definition) is 4. The number of rotatable bonds is 3. The Morgan fingerprint density at radius 2 is 2.22 bits per heavy atom. The summed E-state index contributed by atoms with van der Waals surface area (Å²) in [6, 6.07) is 7.25. The van der Waals surface area contributed by atoms with Gasteiger partial charge in [-0.25, -0.2) is 0 Å². The maximum Gasteiger partial charge on any atom is 0.185 e. The highest BCUT2D eigenvalue weighted by Gasteiger charge is 2.00. The fraction of sp³-hybridized carbons (Fsp3) is 0.286. The monoisotopic (exact) mass is 259 g/mol. The minimum absolute atomic E-state index is 0.0934. The van der Waals surface area contributed by atoms with Crippen molar-refractivity contribution in [2.45, 2.75) is 13.3 Å². The minimum Gasteiger partial charge on any atom is -0.497 e. The van der Waals surface area contributed by atoms with E-state index in [-0.39, 0.29) is 5.12 Å². The fourth-order valence-electron chi connectivity index (χ4n) is 1.25. The molecule has 92 valence electrons. The van der Waals surface area contributed by atoms with Gasteiger partial charge in [-0.1, -0.05) is 23.6 Å². The number of carbonyl (C=O) groups excluding carboxylic acids is 1. The van der Waals surface area contributed by atoms with Crippen LogP contribution in [-0.2, 0) is 4.79 Å². The summed E-state index contributed by atoms with van der Waals surface area (Å²) in [6.45, 7) is 1.54. The van der Waals surface area contributed by atoms with Gasteiger partial charge in [0.05, 0.1) is 12.7 Å². The second-order valence-corrected chi connectivity index (χ2v) is 4.69. The average molecular weight is 259 g/mol. The summed E-state index contributed by atoms with van der Waals surface area (Å²) >= 11 is 1.25. The standard InChI is InChI=1S/C14H13NO2S/c1-11(16)18-8-4-3-5-12-9-14(17-2)7-6-13(12)10-15/h6-7,9H,4,8H2,1-2H3. The lowest BCUT2D eigenvalue weighted by Crippen LogP contribution is -1.88. The van der Waals surface area contributed by atoms with Gasteiger partial charge >= 0.3 is 0 Å². The van der Waals surface area contributed by atoms with Crippen LogP contribution in [0.15, 0.2) is 18.2 Å². The van der Waals surface area contributed by atoms with E-state index in [1.54, 1.807) is 25.3 Å². The molecule has 0 aliphatic heterocycles. The van der Waals surface area contributed by atoms with Crippen LogP contribution in [0.4, 0.5) is 0 Å². The number of methoxy groups -OCH3 is 1. The number of ether oxygens (including phenoxy) is 1. The van der Waals surface area contributed by atoms with Crippen LogP contribution >= 0.6 is 11.8 Å². The lowest BCUT2D eigenvalue weighted by atomic mass is 10.1. The van der Waals surface area contributed by atoms with Crippen molar-refractivity contribution in [2.75, 3.05) is 12.9 Å². The van der Waals surface area contributed by atoms with Gasteiger partial charge in [0.25, 0.3) is 0 Å². The minimum atomic E-state index is 0.0934. The summed E-state index contributed by atoms with van der Waals surface area (Å²) in [4.78, 5) is 10.7. The second-order valence-electron chi connectivity index (χ2n) is 3.42. The molecule has 0 radical (unpaired) electrons. The van der Waals surface area contributed by atoms with Crippen LogP contribution in [0.2, 0.25) is 0 Å². The zero-order valence-electron chi connectivity index (χ0n) is 10.3. The molecule has 0 N–H and O–H groups in total. The van der Waals surface area contributed by atoms with Gasteiger partial charge in [-0.2, -0.15) is 5.26 Å². The molecule has 0 unspecified atom stereocenters. The molecular formula is C14H13NO2S. The molecule has 18 heavy (non-hydrogen) atoms. The van der Waals surface area contributed by atoms with Crippen molar-refractivity contribution < 1.29 is 9.53 Å². The first kappa shape index (κ1) is 14.2. The molecule has 0 saturated carbocycles. The van der Waals surface area contributed by atoms with Gasteiger partial charge in [-0.3, -0.25) is 4.79 Å². The largest absolute Gasteiger partial charge is 0.497 e. The van der Waals surface area contributed by atoms with Gasteiger partial charge in [-0.15, -0.1) is 0 Å². The highest BCUT2D eigenvalue weighted by Crippen LogP contribution is 2.16. The van der Waals surface area contributed by atoms with Crippen molar-refractivity contribution in [3.05, 3.63) is 29.3 Å². The molecule has 0 aromatic heterocycles. The van der Waals surface area contributed by atoms with Crippen molar-refractivity contribution in [3.63, 3.8) is 0 Å². The van der Waals surface area contributed by atoms with Crippen molar-refractivity contribution in [1.29, 1.82) is 5.26 Å². The maximum absolute atomic E-state index is 10.7. The molecule has 0 aliphatic rings. The Kier molecular flexibility index (Phi) is 5.84. The highest BCUT2D eigenvalue weighted by molar-refractivity contribution is 8.13. The van der Waals surface area contributed by atoms with Crippen LogP contribution in [-0.4, -0.2) is 18.0 Å². The number of benzene rings is 1. The maximum atomic E-state index is 10.7. The van der Waals surface area contributed by atoms with Gasteiger partial charge in [0.2, 0.25) is 0 Å². The third-order valence-electron chi connectivity index (χ3n) is 2.10. The summed E-state index contributed by atoms with van der Waals surface area (Å²) in [5.74, 6) is 7.24. The zero-order chi connectivity index (χ0) is 13.4. The summed E-state index contributed by atoms with van der Waals surface area (Å²) in [5.41, 5.74) is 1.19. The first-order chi connectivity index (χ1) is 8.67. The molecule has 0 bridgehead atoms. The van der Waals surface area contributed by atoms with Gasteiger partial charge in [0, 0.05) is 24.7 Å². The van der Waals surface area contributed by atoms with Crippen molar-refractivity contribution in [3.8, 4) is 23.7 Å². The van der Waals surface area contributed by atoms with E-state index < -0.39 is 0 Å². The SMILES string of the molecule is COc1ccc(C#N)c(C#CCCSC(C)=O)c1. The number of thioether (sulfide) groups is 1. The number of hydrogen-bond donors (Lipinski definition) is 0. The summed E-state index contributed by atoms with van der Waals surface area (Å²) in [7, 11) is 1.57. The Morgan fingerprint density at radius 3 is 2.83 bits per heavy atom. The van der Waals surface area contributed by atoms with Gasteiger partial charge < -0.3 is 4.74 Å². The van der Waals surface area contributed by atoms with Gasteiger partial charge in [0.1, 0.15) is 11.8 Å². The zero-order valence-corrected chi connectivity index (χ0v) is 11.1. The summed E-state index contributed by atoms with van der Waals surface area (Å²) in [6.07, 6.45) is 0.617. The topological polar surface area (TPSA) is 50.1 Å². The van der Waals surface area contributed by atoms with E-state index in [0.717, 1.165) is 0 Å². The first-order valence-electron chi connectivity index (χ1n) is 5.37. The van der Waals surface area contributed by atoms with Gasteiger partial charge in [-0.05, 0) is 18.2 Å². The molecule has 1 aromatic carbocycles. The summed E-state index contributed by atoms with van der Waals surface area (Å²) < 4.78 is 5.09. The molecule has 1 aromatic rings. The third kappa shape index (κ3) is 4.53. The Labute approximate surface area is 111 Å². The van der Waals surface area contributed by atoms with E-state index in [4.69, 9.17) is 10.00 Å². The van der Waals surface area contributed by atoms with Gasteiger partial charge in [0.15, 0.2) is 5.12 Å². The predicted octanol–water partition coefficient (Wildman–Crippen LogP) is 2.59. The van der Waals surface area contributed by atoms with E-state index in [9.17, 15) is 4.79 Å². The second kappa shape index (κ2) is 7.42. The molecule has 4 heteroatoms. The predicted molar refractivity (Wildman–Crippen MR) is 72.3 cm³/mol. The first-order valence-corrected chi connectivity index (χ1v) is 6.36. The van der Waals surface area contributed by atoms with E-state index in [2.05, 4.69) is 17.9 Å². The van der Waals surface area contributed by atoms with E-state index in [0.29, 0.717) is 29.1 Å². The molecule has 1 rings (SSSR count). The molecule has 0 saturated heterocycles. The fourth-order valence-corrected chi connectivity index (χ4v) is 1.75. The summed E-state index contributed by atoms with van der Waals surface area (Å²) in [5, 5.41) is 9.04. The van der Waals surface area contributed by atoms with Crippen LogP contribution in [0.25, 0.3) is 0 Å². The van der Waals surface area contributed by atoms with E-state index >= 15 is 0 Å². The van der Waals surface area contributed by atoms with Crippen molar-refractivity contribution >= 4 is 16.9 Å². The van der Waals surface area contributed by atoms with Crippen molar-refractivity contribution in [1.82, 2.24) is 0 Å².